The highest BCUT2D eigenvalue weighted by Crippen LogP contribution is 2.22. The van der Waals surface area contributed by atoms with Crippen LogP contribution in [0, 0.1) is 6.92 Å². The molecule has 3 nitrogen and oxygen atoms in total. The van der Waals surface area contributed by atoms with Gasteiger partial charge in [-0.3, -0.25) is 0 Å². The van der Waals surface area contributed by atoms with Crippen molar-refractivity contribution in [1.29, 1.82) is 0 Å². The number of carbonyl (C=O) groups excluding carboxylic acids is 1. The topological polar surface area (TPSA) is 31.2 Å². The Hall–Kier alpha value is -1.84. The van der Waals surface area contributed by atoms with Gasteiger partial charge in [0, 0.05) is 6.20 Å². The van der Waals surface area contributed by atoms with Crippen molar-refractivity contribution in [2.24, 2.45) is 0 Å². The van der Waals surface area contributed by atoms with E-state index < -0.39 is 12.3 Å². The molecule has 1 atom stereocenters. The standard InChI is InChI=1S/C13H14FNO2/c1-3-17-13(16)12(14)15-7-6-10-8-9(2)4-5-11(10)15/h4-8,12H,3H2,1-2H3. The van der Waals surface area contributed by atoms with Gasteiger partial charge >= 0.3 is 5.97 Å². The summed E-state index contributed by atoms with van der Waals surface area (Å²) >= 11 is 0. The minimum atomic E-state index is -1.78. The number of nitrogens with zero attached hydrogens (tertiary/aromatic N) is 1. The zero-order valence-corrected chi connectivity index (χ0v) is 9.81. The largest absolute Gasteiger partial charge is 0.462 e. The molecule has 0 aliphatic rings. The maximum Gasteiger partial charge on any atom is 0.362 e. The molecule has 4 heteroatoms. The average molecular weight is 235 g/mol. The molecule has 1 unspecified atom stereocenters. The highest BCUT2D eigenvalue weighted by Gasteiger charge is 2.21. The van der Waals surface area contributed by atoms with Gasteiger partial charge in [0.15, 0.2) is 0 Å². The normalized spacial score (nSPS) is 12.6. The number of benzene rings is 1. The second-order valence-electron chi connectivity index (χ2n) is 3.87. The number of fused-ring (bicyclic) bond motifs is 1. The molecule has 0 aliphatic carbocycles. The first kappa shape index (κ1) is 11.6. The van der Waals surface area contributed by atoms with Crippen LogP contribution in [0.4, 0.5) is 4.39 Å². The van der Waals surface area contributed by atoms with Crippen molar-refractivity contribution in [2.75, 3.05) is 6.61 Å². The molecule has 0 radical (unpaired) electrons. The van der Waals surface area contributed by atoms with E-state index in [1.54, 1.807) is 25.3 Å². The van der Waals surface area contributed by atoms with Crippen molar-refractivity contribution in [3.05, 3.63) is 36.0 Å². The van der Waals surface area contributed by atoms with Crippen molar-refractivity contribution in [3.63, 3.8) is 0 Å². The zero-order valence-electron chi connectivity index (χ0n) is 9.81. The predicted molar refractivity (Wildman–Crippen MR) is 63.5 cm³/mol. The van der Waals surface area contributed by atoms with E-state index >= 15 is 0 Å². The van der Waals surface area contributed by atoms with E-state index in [1.165, 1.54) is 4.57 Å². The third kappa shape index (κ3) is 2.16. The Labute approximate surface area is 98.8 Å². The Morgan fingerprint density at radius 1 is 1.47 bits per heavy atom. The number of hydrogen-bond donors (Lipinski definition) is 0. The van der Waals surface area contributed by atoms with E-state index in [0.29, 0.717) is 5.52 Å². The summed E-state index contributed by atoms with van der Waals surface area (Å²) in [5.74, 6) is -0.856. The van der Waals surface area contributed by atoms with Crippen molar-refractivity contribution >= 4 is 16.9 Å². The third-order valence-electron chi connectivity index (χ3n) is 2.60. The number of alkyl halides is 1. The van der Waals surface area contributed by atoms with Gasteiger partial charge in [-0.25, -0.2) is 9.18 Å². The summed E-state index contributed by atoms with van der Waals surface area (Å²) in [4.78, 5) is 11.3. The molecular weight excluding hydrogens is 221 g/mol. The monoisotopic (exact) mass is 235 g/mol. The van der Waals surface area contributed by atoms with Crippen LogP contribution in [-0.2, 0) is 9.53 Å². The van der Waals surface area contributed by atoms with E-state index in [4.69, 9.17) is 0 Å². The molecule has 0 bridgehead atoms. The smallest absolute Gasteiger partial charge is 0.362 e. The van der Waals surface area contributed by atoms with Gasteiger partial charge in [-0.15, -0.1) is 0 Å². The molecule has 2 aromatic rings. The van der Waals surface area contributed by atoms with Crippen LogP contribution in [0.1, 0.15) is 18.8 Å². The number of aryl methyl sites for hydroxylation is 1. The first-order valence-corrected chi connectivity index (χ1v) is 5.51. The molecule has 0 N–H and O–H groups in total. The first-order chi connectivity index (χ1) is 8.13. The molecule has 0 spiro atoms. The lowest BCUT2D eigenvalue weighted by Gasteiger charge is -2.10. The second-order valence-corrected chi connectivity index (χ2v) is 3.87. The van der Waals surface area contributed by atoms with E-state index in [1.807, 2.05) is 19.1 Å². The molecule has 0 fully saturated rings. The summed E-state index contributed by atoms with van der Waals surface area (Å²) in [5.41, 5.74) is 1.79. The van der Waals surface area contributed by atoms with Gasteiger partial charge in [0.05, 0.1) is 12.1 Å². The van der Waals surface area contributed by atoms with Crippen LogP contribution in [0.25, 0.3) is 10.9 Å². The summed E-state index contributed by atoms with van der Waals surface area (Å²) < 4.78 is 19.8. The minimum absolute atomic E-state index is 0.178. The van der Waals surface area contributed by atoms with E-state index in [9.17, 15) is 9.18 Å². The van der Waals surface area contributed by atoms with Crippen molar-refractivity contribution in [2.45, 2.75) is 20.1 Å². The molecule has 90 valence electrons. The highest BCUT2D eigenvalue weighted by atomic mass is 19.1. The molecule has 1 aromatic heterocycles. The Bertz CT molecular complexity index is 547. The van der Waals surface area contributed by atoms with Gasteiger partial charge in [0.1, 0.15) is 0 Å². The Morgan fingerprint density at radius 2 is 2.24 bits per heavy atom. The summed E-state index contributed by atoms with van der Waals surface area (Å²) in [6.45, 7) is 3.80. The molecule has 17 heavy (non-hydrogen) atoms. The Morgan fingerprint density at radius 3 is 2.94 bits per heavy atom. The number of halogens is 1. The number of rotatable bonds is 3. The second kappa shape index (κ2) is 4.57. The molecule has 2 rings (SSSR count). The average Bonchev–Trinajstić information content (AvgIpc) is 2.71. The van der Waals surface area contributed by atoms with Crippen LogP contribution in [0.3, 0.4) is 0 Å². The molecule has 0 amide bonds. The fourth-order valence-corrected chi connectivity index (χ4v) is 1.81. The number of carbonyl (C=O) groups is 1. The maximum absolute atomic E-state index is 13.9. The summed E-state index contributed by atoms with van der Waals surface area (Å²) in [6, 6.07) is 7.42. The van der Waals surface area contributed by atoms with Crippen LogP contribution in [0.2, 0.25) is 0 Å². The van der Waals surface area contributed by atoms with E-state index in [-0.39, 0.29) is 6.61 Å². The molecule has 0 saturated heterocycles. The lowest BCUT2D eigenvalue weighted by molar-refractivity contribution is -0.152. The van der Waals surface area contributed by atoms with Crippen LogP contribution >= 0.6 is 0 Å². The number of ether oxygens (including phenoxy) is 1. The van der Waals surface area contributed by atoms with Crippen LogP contribution in [-0.4, -0.2) is 17.1 Å². The van der Waals surface area contributed by atoms with Gasteiger partial charge in [-0.2, -0.15) is 0 Å². The Kier molecular flexibility index (Phi) is 3.13. The van der Waals surface area contributed by atoms with Crippen LogP contribution < -0.4 is 0 Å². The lowest BCUT2D eigenvalue weighted by atomic mass is 10.2. The van der Waals surface area contributed by atoms with Gasteiger partial charge in [0.2, 0.25) is 0 Å². The van der Waals surface area contributed by atoms with E-state index in [0.717, 1.165) is 10.9 Å². The summed E-state index contributed by atoms with van der Waals surface area (Å²) in [6.07, 6.45) is -0.221. The first-order valence-electron chi connectivity index (χ1n) is 5.51. The van der Waals surface area contributed by atoms with E-state index in [2.05, 4.69) is 4.74 Å². The molecular formula is C13H14FNO2. The van der Waals surface area contributed by atoms with Crippen molar-refractivity contribution < 1.29 is 13.9 Å². The zero-order chi connectivity index (χ0) is 12.4. The fraction of sp³-hybridized carbons (Fsp3) is 0.308. The lowest BCUT2D eigenvalue weighted by Crippen LogP contribution is -2.17. The third-order valence-corrected chi connectivity index (χ3v) is 2.60. The maximum atomic E-state index is 13.9. The van der Waals surface area contributed by atoms with Gasteiger partial charge in [0.25, 0.3) is 6.30 Å². The number of hydrogen-bond acceptors (Lipinski definition) is 2. The predicted octanol–water partition coefficient (Wildman–Crippen LogP) is 2.98. The molecule has 0 aliphatic heterocycles. The Balaban J connectivity index is 2.39. The van der Waals surface area contributed by atoms with Gasteiger partial charge < -0.3 is 9.30 Å². The highest BCUT2D eigenvalue weighted by molar-refractivity contribution is 5.83. The minimum Gasteiger partial charge on any atom is -0.462 e. The fourth-order valence-electron chi connectivity index (χ4n) is 1.81. The number of esters is 1. The van der Waals surface area contributed by atoms with Crippen molar-refractivity contribution in [3.8, 4) is 0 Å². The quantitative estimate of drug-likeness (QED) is 0.766. The van der Waals surface area contributed by atoms with Crippen LogP contribution in [0.5, 0.6) is 0 Å². The SMILES string of the molecule is CCOC(=O)C(F)n1ccc2cc(C)ccc21. The summed E-state index contributed by atoms with van der Waals surface area (Å²) in [7, 11) is 0. The molecule has 1 heterocycles. The van der Waals surface area contributed by atoms with Crippen molar-refractivity contribution in [1.82, 2.24) is 4.57 Å². The van der Waals surface area contributed by atoms with Gasteiger partial charge in [-0.05, 0) is 37.4 Å². The van der Waals surface area contributed by atoms with Crippen LogP contribution in [0.15, 0.2) is 30.5 Å². The number of aromatic nitrogens is 1. The summed E-state index contributed by atoms with van der Waals surface area (Å²) in [5, 5.41) is 0.914. The molecule has 0 saturated carbocycles. The van der Waals surface area contributed by atoms with Gasteiger partial charge in [-0.1, -0.05) is 11.6 Å². The molecule has 1 aromatic carbocycles.